The summed E-state index contributed by atoms with van der Waals surface area (Å²) in [6.07, 6.45) is 0.601. The quantitative estimate of drug-likeness (QED) is 0.877. The summed E-state index contributed by atoms with van der Waals surface area (Å²) in [6, 6.07) is 11.6. The van der Waals surface area contributed by atoms with E-state index in [2.05, 4.69) is 5.32 Å². The van der Waals surface area contributed by atoms with Gasteiger partial charge in [-0.2, -0.15) is 0 Å². The molecule has 2 rings (SSSR count). The van der Waals surface area contributed by atoms with Gasteiger partial charge in [-0.25, -0.2) is 0 Å². The molecule has 0 aromatic heterocycles. The highest BCUT2D eigenvalue weighted by Gasteiger charge is 2.31. The summed E-state index contributed by atoms with van der Waals surface area (Å²) in [6.45, 7) is 6.28. The summed E-state index contributed by atoms with van der Waals surface area (Å²) in [5, 5.41) is 4.92. The largest absolute Gasteiger partial charge is 0.493 e. The van der Waals surface area contributed by atoms with Gasteiger partial charge in [0.1, 0.15) is 11.4 Å². The molecule has 0 fully saturated rings. The Balaban J connectivity index is 2.41. The van der Waals surface area contributed by atoms with Crippen molar-refractivity contribution >= 4 is 22.4 Å². The number of benzene rings is 2. The summed E-state index contributed by atoms with van der Waals surface area (Å²) >= 11 is 0. The molecule has 4 heteroatoms. The number of nitrogens with one attached hydrogen (secondary N) is 1. The number of amides is 1. The molecule has 4 nitrogen and oxygen atoms in total. The molecule has 2 aromatic rings. The first-order valence-electron chi connectivity index (χ1n) is 7.57. The van der Waals surface area contributed by atoms with Crippen molar-refractivity contribution in [1.82, 2.24) is 0 Å². The van der Waals surface area contributed by atoms with Crippen LogP contribution in [-0.2, 0) is 9.53 Å². The number of hydrogen-bond acceptors (Lipinski definition) is 3. The molecule has 0 radical (unpaired) electrons. The SMILES string of the molecule is CCOc1ccc(NC(=O)C(C)(CC)OC)c2ccccc12. The van der Waals surface area contributed by atoms with Gasteiger partial charge in [-0.15, -0.1) is 0 Å². The maximum absolute atomic E-state index is 12.5. The van der Waals surface area contributed by atoms with E-state index in [0.717, 1.165) is 22.2 Å². The van der Waals surface area contributed by atoms with Gasteiger partial charge in [0.05, 0.1) is 6.61 Å². The number of rotatable bonds is 6. The second-order valence-electron chi connectivity index (χ2n) is 5.33. The molecule has 1 unspecified atom stereocenters. The third-order valence-corrected chi connectivity index (χ3v) is 4.04. The molecule has 0 aliphatic heterocycles. The van der Waals surface area contributed by atoms with Crippen LogP contribution in [0.1, 0.15) is 27.2 Å². The zero-order valence-electron chi connectivity index (χ0n) is 13.6. The van der Waals surface area contributed by atoms with Crippen molar-refractivity contribution in [2.45, 2.75) is 32.8 Å². The molecule has 1 atom stereocenters. The molecule has 22 heavy (non-hydrogen) atoms. The van der Waals surface area contributed by atoms with Crippen LogP contribution >= 0.6 is 0 Å². The lowest BCUT2D eigenvalue weighted by atomic mass is 10.0. The zero-order chi connectivity index (χ0) is 16.2. The fraction of sp³-hybridized carbons (Fsp3) is 0.389. The Labute approximate surface area is 131 Å². The van der Waals surface area contributed by atoms with Gasteiger partial charge in [0, 0.05) is 23.6 Å². The van der Waals surface area contributed by atoms with Crippen LogP contribution in [-0.4, -0.2) is 25.2 Å². The predicted molar refractivity (Wildman–Crippen MR) is 89.5 cm³/mol. The van der Waals surface area contributed by atoms with Gasteiger partial charge >= 0.3 is 0 Å². The van der Waals surface area contributed by atoms with E-state index in [1.165, 1.54) is 0 Å². The minimum absolute atomic E-state index is 0.146. The monoisotopic (exact) mass is 301 g/mol. The van der Waals surface area contributed by atoms with Gasteiger partial charge in [0.2, 0.25) is 0 Å². The third-order valence-electron chi connectivity index (χ3n) is 4.04. The van der Waals surface area contributed by atoms with Crippen molar-refractivity contribution in [2.75, 3.05) is 19.0 Å². The normalized spacial score (nSPS) is 13.6. The smallest absolute Gasteiger partial charge is 0.256 e. The van der Waals surface area contributed by atoms with Crippen LogP contribution < -0.4 is 10.1 Å². The highest BCUT2D eigenvalue weighted by molar-refractivity contribution is 6.06. The highest BCUT2D eigenvalue weighted by Crippen LogP contribution is 2.32. The molecule has 2 aromatic carbocycles. The van der Waals surface area contributed by atoms with Crippen molar-refractivity contribution < 1.29 is 14.3 Å². The fourth-order valence-electron chi connectivity index (χ4n) is 2.31. The highest BCUT2D eigenvalue weighted by atomic mass is 16.5. The Kier molecular flexibility index (Phi) is 5.03. The Morgan fingerprint density at radius 1 is 1.14 bits per heavy atom. The second kappa shape index (κ2) is 6.79. The van der Waals surface area contributed by atoms with Crippen LogP contribution in [0.3, 0.4) is 0 Å². The lowest BCUT2D eigenvalue weighted by Crippen LogP contribution is -2.41. The summed E-state index contributed by atoms with van der Waals surface area (Å²) < 4.78 is 11.0. The molecule has 0 aliphatic rings. The Bertz CT molecular complexity index is 662. The minimum atomic E-state index is -0.834. The zero-order valence-corrected chi connectivity index (χ0v) is 13.6. The number of carbonyl (C=O) groups is 1. The van der Waals surface area contributed by atoms with Crippen molar-refractivity contribution in [3.63, 3.8) is 0 Å². The van der Waals surface area contributed by atoms with Crippen molar-refractivity contribution in [1.29, 1.82) is 0 Å². The van der Waals surface area contributed by atoms with Gasteiger partial charge in [0.25, 0.3) is 5.91 Å². The topological polar surface area (TPSA) is 47.6 Å². The Hall–Kier alpha value is -2.07. The van der Waals surface area contributed by atoms with Crippen molar-refractivity contribution in [3.8, 4) is 5.75 Å². The van der Waals surface area contributed by atoms with Crippen LogP contribution in [0.4, 0.5) is 5.69 Å². The minimum Gasteiger partial charge on any atom is -0.493 e. The number of ether oxygens (including phenoxy) is 2. The maximum atomic E-state index is 12.5. The predicted octanol–water partition coefficient (Wildman–Crippen LogP) is 3.99. The van der Waals surface area contributed by atoms with Crippen LogP contribution in [0.25, 0.3) is 10.8 Å². The first-order valence-corrected chi connectivity index (χ1v) is 7.57. The molecule has 1 N–H and O–H groups in total. The van der Waals surface area contributed by atoms with E-state index in [1.54, 1.807) is 14.0 Å². The van der Waals surface area contributed by atoms with E-state index in [9.17, 15) is 4.79 Å². The molecule has 0 saturated carbocycles. The molecule has 0 heterocycles. The van der Waals surface area contributed by atoms with E-state index in [4.69, 9.17) is 9.47 Å². The molecular weight excluding hydrogens is 278 g/mol. The third kappa shape index (κ3) is 3.07. The van der Waals surface area contributed by atoms with Crippen LogP contribution in [0.5, 0.6) is 5.75 Å². The fourth-order valence-corrected chi connectivity index (χ4v) is 2.31. The molecule has 0 spiro atoms. The molecule has 0 aliphatic carbocycles. The van der Waals surface area contributed by atoms with Crippen molar-refractivity contribution in [3.05, 3.63) is 36.4 Å². The van der Waals surface area contributed by atoms with Gasteiger partial charge in [-0.3, -0.25) is 4.79 Å². The number of methoxy groups -OCH3 is 1. The standard InChI is InChI=1S/C18H23NO3/c1-5-18(3,21-4)17(20)19-15-11-12-16(22-6-2)14-10-8-7-9-13(14)15/h7-12H,5-6H2,1-4H3,(H,19,20). The lowest BCUT2D eigenvalue weighted by molar-refractivity contribution is -0.136. The van der Waals surface area contributed by atoms with Crippen molar-refractivity contribution in [2.24, 2.45) is 0 Å². The number of hydrogen-bond donors (Lipinski definition) is 1. The van der Waals surface area contributed by atoms with E-state index in [1.807, 2.05) is 50.2 Å². The molecule has 118 valence electrons. The summed E-state index contributed by atoms with van der Waals surface area (Å²) in [4.78, 5) is 12.5. The van der Waals surface area contributed by atoms with E-state index in [0.29, 0.717) is 13.0 Å². The summed E-state index contributed by atoms with van der Waals surface area (Å²) in [5.74, 6) is 0.674. The molecular formula is C18H23NO3. The summed E-state index contributed by atoms with van der Waals surface area (Å²) in [5.41, 5.74) is -0.0690. The van der Waals surface area contributed by atoms with Gasteiger partial charge in [0.15, 0.2) is 0 Å². The molecule has 1 amide bonds. The maximum Gasteiger partial charge on any atom is 0.256 e. The van der Waals surface area contributed by atoms with Crippen LogP contribution in [0.15, 0.2) is 36.4 Å². The lowest BCUT2D eigenvalue weighted by Gasteiger charge is -2.25. The van der Waals surface area contributed by atoms with Gasteiger partial charge in [-0.05, 0) is 32.4 Å². The number of anilines is 1. The van der Waals surface area contributed by atoms with Crippen LogP contribution in [0.2, 0.25) is 0 Å². The van der Waals surface area contributed by atoms with E-state index >= 15 is 0 Å². The van der Waals surface area contributed by atoms with Crippen LogP contribution in [0, 0.1) is 0 Å². The first kappa shape index (κ1) is 16.3. The number of carbonyl (C=O) groups excluding carboxylic acids is 1. The Morgan fingerprint density at radius 3 is 2.41 bits per heavy atom. The molecule has 0 bridgehead atoms. The van der Waals surface area contributed by atoms with E-state index in [-0.39, 0.29) is 5.91 Å². The molecule has 0 saturated heterocycles. The second-order valence-corrected chi connectivity index (χ2v) is 5.33. The average Bonchev–Trinajstić information content (AvgIpc) is 2.56. The van der Waals surface area contributed by atoms with Gasteiger partial charge in [-0.1, -0.05) is 31.2 Å². The number of fused-ring (bicyclic) bond motifs is 1. The van der Waals surface area contributed by atoms with E-state index < -0.39 is 5.60 Å². The Morgan fingerprint density at radius 2 is 1.82 bits per heavy atom. The van der Waals surface area contributed by atoms with Gasteiger partial charge < -0.3 is 14.8 Å². The first-order chi connectivity index (χ1) is 10.6. The summed E-state index contributed by atoms with van der Waals surface area (Å²) in [7, 11) is 1.55. The average molecular weight is 301 g/mol.